The highest BCUT2D eigenvalue weighted by Crippen LogP contribution is 2.26. The van der Waals surface area contributed by atoms with Crippen LogP contribution in [-0.2, 0) is 0 Å². The molecule has 2 aromatic carbocycles. The van der Waals surface area contributed by atoms with E-state index in [1.54, 1.807) is 18.2 Å². The minimum atomic E-state index is -0.943. The molecule has 18 heavy (non-hydrogen) atoms. The molecule has 0 bridgehead atoms. The first kappa shape index (κ1) is 12.6. The van der Waals surface area contributed by atoms with E-state index < -0.39 is 5.97 Å². The SMILES string of the molecule is C=C(c1cccc(Br)c1)c1ccccc1C(=O)O. The van der Waals surface area contributed by atoms with Crippen molar-refractivity contribution in [3.8, 4) is 0 Å². The predicted molar refractivity (Wildman–Crippen MR) is 75.7 cm³/mol. The normalized spacial score (nSPS) is 10.1. The lowest BCUT2D eigenvalue weighted by atomic mass is 9.95. The third-order valence-corrected chi connectivity index (χ3v) is 3.15. The van der Waals surface area contributed by atoms with Crippen molar-refractivity contribution in [2.45, 2.75) is 0 Å². The number of halogens is 1. The average molecular weight is 303 g/mol. The number of aromatic carboxylic acids is 1. The van der Waals surface area contributed by atoms with Gasteiger partial charge in [0.25, 0.3) is 0 Å². The summed E-state index contributed by atoms with van der Waals surface area (Å²) in [4.78, 5) is 11.2. The molecule has 0 heterocycles. The maximum absolute atomic E-state index is 11.2. The van der Waals surface area contributed by atoms with Crippen LogP contribution >= 0.6 is 15.9 Å². The van der Waals surface area contributed by atoms with Gasteiger partial charge in [0, 0.05) is 4.47 Å². The molecule has 0 atom stereocenters. The van der Waals surface area contributed by atoms with Gasteiger partial charge in [0.05, 0.1) is 5.56 Å². The lowest BCUT2D eigenvalue weighted by Crippen LogP contribution is -2.01. The molecule has 0 saturated heterocycles. The zero-order chi connectivity index (χ0) is 13.1. The number of carbonyl (C=O) groups is 1. The third-order valence-electron chi connectivity index (χ3n) is 2.66. The minimum Gasteiger partial charge on any atom is -0.478 e. The van der Waals surface area contributed by atoms with Gasteiger partial charge in [0.2, 0.25) is 0 Å². The Bertz CT molecular complexity index is 617. The highest BCUT2D eigenvalue weighted by molar-refractivity contribution is 9.10. The van der Waals surface area contributed by atoms with Gasteiger partial charge >= 0.3 is 5.97 Å². The first-order valence-electron chi connectivity index (χ1n) is 5.37. The molecule has 2 rings (SSSR count). The Kier molecular flexibility index (Phi) is 3.63. The summed E-state index contributed by atoms with van der Waals surface area (Å²) in [6, 6.07) is 14.5. The van der Waals surface area contributed by atoms with Gasteiger partial charge in [-0.2, -0.15) is 0 Å². The fourth-order valence-electron chi connectivity index (χ4n) is 1.76. The van der Waals surface area contributed by atoms with Gasteiger partial charge in [0.15, 0.2) is 0 Å². The Morgan fingerprint density at radius 3 is 2.33 bits per heavy atom. The minimum absolute atomic E-state index is 0.266. The fourth-order valence-corrected chi connectivity index (χ4v) is 2.16. The van der Waals surface area contributed by atoms with Gasteiger partial charge < -0.3 is 5.11 Å². The summed E-state index contributed by atoms with van der Waals surface area (Å²) in [5.41, 5.74) is 2.51. The van der Waals surface area contributed by atoms with E-state index in [2.05, 4.69) is 22.5 Å². The lowest BCUT2D eigenvalue weighted by molar-refractivity contribution is 0.0696. The number of hydrogen-bond acceptors (Lipinski definition) is 1. The van der Waals surface area contributed by atoms with E-state index in [-0.39, 0.29) is 5.56 Å². The van der Waals surface area contributed by atoms with Crippen molar-refractivity contribution in [3.05, 3.63) is 76.3 Å². The molecule has 0 fully saturated rings. The van der Waals surface area contributed by atoms with Crippen LogP contribution in [0.1, 0.15) is 21.5 Å². The van der Waals surface area contributed by atoms with Crippen LogP contribution in [0.15, 0.2) is 59.6 Å². The van der Waals surface area contributed by atoms with Gasteiger partial charge in [0.1, 0.15) is 0 Å². The number of carboxylic acid groups (broad SMARTS) is 1. The molecule has 0 aromatic heterocycles. The Morgan fingerprint density at radius 2 is 1.72 bits per heavy atom. The molecule has 0 radical (unpaired) electrons. The molecule has 3 heteroatoms. The van der Waals surface area contributed by atoms with E-state index in [0.717, 1.165) is 10.0 Å². The maximum Gasteiger partial charge on any atom is 0.336 e. The van der Waals surface area contributed by atoms with E-state index in [0.29, 0.717) is 11.1 Å². The van der Waals surface area contributed by atoms with Crippen LogP contribution in [0, 0.1) is 0 Å². The van der Waals surface area contributed by atoms with Crippen molar-refractivity contribution in [1.29, 1.82) is 0 Å². The monoisotopic (exact) mass is 302 g/mol. The fraction of sp³-hybridized carbons (Fsp3) is 0. The summed E-state index contributed by atoms with van der Waals surface area (Å²) in [6.07, 6.45) is 0. The molecule has 0 aliphatic carbocycles. The van der Waals surface area contributed by atoms with Crippen molar-refractivity contribution in [3.63, 3.8) is 0 Å². The number of rotatable bonds is 3. The van der Waals surface area contributed by atoms with E-state index >= 15 is 0 Å². The summed E-state index contributed by atoms with van der Waals surface area (Å²) in [6.45, 7) is 4.00. The molecule has 0 unspecified atom stereocenters. The zero-order valence-electron chi connectivity index (χ0n) is 9.56. The molecule has 90 valence electrons. The smallest absolute Gasteiger partial charge is 0.336 e. The van der Waals surface area contributed by atoms with Gasteiger partial charge in [-0.15, -0.1) is 0 Å². The summed E-state index contributed by atoms with van der Waals surface area (Å²) in [5, 5.41) is 9.17. The van der Waals surface area contributed by atoms with E-state index in [1.807, 2.05) is 30.3 Å². The van der Waals surface area contributed by atoms with Gasteiger partial charge in [-0.3, -0.25) is 0 Å². The standard InChI is InChI=1S/C15H11BrO2/c1-10(11-5-4-6-12(16)9-11)13-7-2-3-8-14(13)15(17)18/h2-9H,1H2,(H,17,18). The first-order chi connectivity index (χ1) is 8.59. The molecule has 0 amide bonds. The first-order valence-corrected chi connectivity index (χ1v) is 6.16. The number of carboxylic acids is 1. The third kappa shape index (κ3) is 2.51. The molecule has 2 aromatic rings. The molecular formula is C15H11BrO2. The van der Waals surface area contributed by atoms with Crippen LogP contribution in [0.2, 0.25) is 0 Å². The summed E-state index contributed by atoms with van der Waals surface area (Å²) < 4.78 is 0.939. The van der Waals surface area contributed by atoms with Crippen LogP contribution in [0.4, 0.5) is 0 Å². The molecule has 0 saturated carbocycles. The van der Waals surface area contributed by atoms with E-state index in [9.17, 15) is 4.79 Å². The Labute approximate surface area is 114 Å². The van der Waals surface area contributed by atoms with Crippen LogP contribution in [-0.4, -0.2) is 11.1 Å². The Balaban J connectivity index is 2.50. The highest BCUT2D eigenvalue weighted by atomic mass is 79.9. The van der Waals surface area contributed by atoms with E-state index in [4.69, 9.17) is 5.11 Å². The van der Waals surface area contributed by atoms with Gasteiger partial charge in [-0.05, 0) is 34.9 Å². The molecule has 0 spiro atoms. The topological polar surface area (TPSA) is 37.3 Å². The van der Waals surface area contributed by atoms with Crippen LogP contribution in [0.25, 0.3) is 5.57 Å². The maximum atomic E-state index is 11.2. The second-order valence-corrected chi connectivity index (χ2v) is 4.76. The van der Waals surface area contributed by atoms with Gasteiger partial charge in [-0.25, -0.2) is 4.79 Å². The van der Waals surface area contributed by atoms with Crippen LogP contribution in [0.3, 0.4) is 0 Å². The van der Waals surface area contributed by atoms with E-state index in [1.165, 1.54) is 0 Å². The average Bonchev–Trinajstić information content (AvgIpc) is 2.38. The van der Waals surface area contributed by atoms with Crippen molar-refractivity contribution < 1.29 is 9.90 Å². The second-order valence-electron chi connectivity index (χ2n) is 3.84. The van der Waals surface area contributed by atoms with Crippen LogP contribution in [0.5, 0.6) is 0 Å². The largest absolute Gasteiger partial charge is 0.478 e. The van der Waals surface area contributed by atoms with Crippen molar-refractivity contribution in [1.82, 2.24) is 0 Å². The predicted octanol–water partition coefficient (Wildman–Crippen LogP) is 4.21. The van der Waals surface area contributed by atoms with Gasteiger partial charge in [-0.1, -0.05) is 52.8 Å². The molecule has 0 aliphatic rings. The molecule has 0 aliphatic heterocycles. The summed E-state index contributed by atoms with van der Waals surface area (Å²) in [7, 11) is 0. The lowest BCUT2D eigenvalue weighted by Gasteiger charge is -2.09. The molecule has 1 N–H and O–H groups in total. The zero-order valence-corrected chi connectivity index (χ0v) is 11.1. The van der Waals surface area contributed by atoms with Crippen molar-refractivity contribution in [2.75, 3.05) is 0 Å². The number of benzene rings is 2. The Hall–Kier alpha value is -1.87. The second kappa shape index (κ2) is 5.19. The molecular weight excluding hydrogens is 292 g/mol. The van der Waals surface area contributed by atoms with Crippen molar-refractivity contribution in [2.24, 2.45) is 0 Å². The summed E-state index contributed by atoms with van der Waals surface area (Å²) in [5.74, 6) is -0.943. The summed E-state index contributed by atoms with van der Waals surface area (Å²) >= 11 is 3.39. The van der Waals surface area contributed by atoms with Crippen molar-refractivity contribution >= 4 is 27.5 Å². The quantitative estimate of drug-likeness (QED) is 0.922. The number of hydrogen-bond donors (Lipinski definition) is 1. The molecule has 2 nitrogen and oxygen atoms in total. The Morgan fingerprint density at radius 1 is 1.06 bits per heavy atom. The highest BCUT2D eigenvalue weighted by Gasteiger charge is 2.12. The van der Waals surface area contributed by atoms with Crippen LogP contribution < -0.4 is 0 Å².